The van der Waals surface area contributed by atoms with Crippen molar-refractivity contribution in [3.05, 3.63) is 0 Å². The van der Waals surface area contributed by atoms with Gasteiger partial charge in [0.05, 0.1) is 0 Å². The third kappa shape index (κ3) is 4.58. The van der Waals surface area contributed by atoms with E-state index in [-0.39, 0.29) is 11.6 Å². The average molecular weight is 218 g/mol. The van der Waals surface area contributed by atoms with Gasteiger partial charge in [-0.2, -0.15) is 0 Å². The third-order valence-electron chi connectivity index (χ3n) is 3.16. The molecule has 0 aliphatic heterocycles. The fraction of sp³-hybridized carbons (Fsp3) is 1.00. The zero-order chi connectivity index (χ0) is 11.4. The molecule has 0 rings (SSSR count). The fourth-order valence-corrected chi connectivity index (χ4v) is 2.01. The normalized spacial score (nSPS) is 15.6. The van der Waals surface area contributed by atoms with Crippen LogP contribution in [0, 0.1) is 5.92 Å². The highest BCUT2D eigenvalue weighted by Crippen LogP contribution is 2.36. The van der Waals surface area contributed by atoms with Crippen molar-refractivity contribution in [2.75, 3.05) is 13.2 Å². The zero-order valence-corrected chi connectivity index (χ0v) is 11.6. The van der Waals surface area contributed by atoms with Gasteiger partial charge in [0.15, 0.2) is 8.32 Å². The van der Waals surface area contributed by atoms with Gasteiger partial charge in [0.2, 0.25) is 0 Å². The maximum Gasteiger partial charge on any atom is 0.191 e. The molecule has 0 saturated carbocycles. The van der Waals surface area contributed by atoms with Gasteiger partial charge in [-0.3, -0.25) is 0 Å². The largest absolute Gasteiger partial charge is 0.417 e. The predicted molar refractivity (Wildman–Crippen MR) is 64.0 cm³/mol. The second kappa shape index (κ2) is 5.28. The molecule has 0 heterocycles. The van der Waals surface area contributed by atoms with Crippen LogP contribution >= 0.6 is 0 Å². The summed E-state index contributed by atoms with van der Waals surface area (Å²) in [7, 11) is -1.58. The van der Waals surface area contributed by atoms with Crippen molar-refractivity contribution in [1.29, 1.82) is 0 Å². The summed E-state index contributed by atoms with van der Waals surface area (Å²) in [5.74, 6) is 0.467. The molecule has 0 aromatic carbocycles. The molecule has 0 unspecified atom stereocenters. The average Bonchev–Trinajstić information content (AvgIpc) is 1.99. The lowest BCUT2D eigenvalue weighted by atomic mass is 10.1. The predicted octanol–water partition coefficient (Wildman–Crippen LogP) is 3.03. The van der Waals surface area contributed by atoms with E-state index >= 15 is 0 Å². The summed E-state index contributed by atoms with van der Waals surface area (Å²) < 4.78 is 6.04. The first-order chi connectivity index (χ1) is 6.20. The quantitative estimate of drug-likeness (QED) is 0.719. The lowest BCUT2D eigenvalue weighted by Gasteiger charge is -2.37. The summed E-state index contributed by atoms with van der Waals surface area (Å²) >= 11 is 0. The Hall–Kier alpha value is 0.137. The van der Waals surface area contributed by atoms with Gasteiger partial charge in [-0.1, -0.05) is 27.7 Å². The van der Waals surface area contributed by atoms with E-state index in [0.29, 0.717) is 5.92 Å². The Labute approximate surface area is 89.8 Å². The highest BCUT2D eigenvalue weighted by atomic mass is 28.4. The molecule has 86 valence electrons. The molecule has 0 bridgehead atoms. The van der Waals surface area contributed by atoms with Crippen LogP contribution in [0.1, 0.15) is 34.1 Å². The van der Waals surface area contributed by atoms with Crippen molar-refractivity contribution in [2.45, 2.75) is 52.2 Å². The van der Waals surface area contributed by atoms with E-state index in [1.165, 1.54) is 0 Å². The van der Waals surface area contributed by atoms with Crippen molar-refractivity contribution >= 4 is 8.32 Å². The van der Waals surface area contributed by atoms with Crippen molar-refractivity contribution in [1.82, 2.24) is 0 Å². The van der Waals surface area contributed by atoms with E-state index in [1.807, 2.05) is 0 Å². The minimum Gasteiger partial charge on any atom is -0.417 e. The molecule has 1 N–H and O–H groups in total. The van der Waals surface area contributed by atoms with Crippen LogP contribution in [-0.2, 0) is 4.43 Å². The molecule has 14 heavy (non-hydrogen) atoms. The standard InChI is InChI=1S/C11H26O2Si/c1-10(7-8-12)9-13-14(5,6)11(2,3)4/h10,12H,7-9H2,1-6H3/t10-/m0/s1. The van der Waals surface area contributed by atoms with E-state index in [0.717, 1.165) is 13.0 Å². The summed E-state index contributed by atoms with van der Waals surface area (Å²) in [6.45, 7) is 14.4. The minimum absolute atomic E-state index is 0.266. The van der Waals surface area contributed by atoms with Gasteiger partial charge in [-0.05, 0) is 30.5 Å². The first kappa shape index (κ1) is 14.1. The molecule has 2 nitrogen and oxygen atoms in total. The summed E-state index contributed by atoms with van der Waals surface area (Å²) in [5, 5.41) is 9.07. The van der Waals surface area contributed by atoms with E-state index in [2.05, 4.69) is 40.8 Å². The molecule has 1 atom stereocenters. The first-order valence-electron chi connectivity index (χ1n) is 5.45. The van der Waals surface area contributed by atoms with Gasteiger partial charge < -0.3 is 9.53 Å². The molecule has 0 spiro atoms. The van der Waals surface area contributed by atoms with Gasteiger partial charge >= 0.3 is 0 Å². The topological polar surface area (TPSA) is 29.5 Å². The van der Waals surface area contributed by atoms with E-state index in [4.69, 9.17) is 9.53 Å². The molecular formula is C11H26O2Si. The summed E-state index contributed by atoms with van der Waals surface area (Å²) in [4.78, 5) is 0. The first-order valence-corrected chi connectivity index (χ1v) is 8.36. The van der Waals surface area contributed by atoms with E-state index < -0.39 is 8.32 Å². The Morgan fingerprint density at radius 1 is 1.29 bits per heavy atom. The monoisotopic (exact) mass is 218 g/mol. The summed E-state index contributed by atoms with van der Waals surface area (Å²) in [5.41, 5.74) is 0. The Bertz CT molecular complexity index is 161. The highest BCUT2D eigenvalue weighted by molar-refractivity contribution is 6.74. The van der Waals surface area contributed by atoms with Crippen LogP contribution in [0.25, 0.3) is 0 Å². The van der Waals surface area contributed by atoms with Crippen LogP contribution in [0.2, 0.25) is 18.1 Å². The highest BCUT2D eigenvalue weighted by Gasteiger charge is 2.37. The molecular weight excluding hydrogens is 192 g/mol. The summed E-state index contributed by atoms with van der Waals surface area (Å²) in [6, 6.07) is 0. The second-order valence-electron chi connectivity index (χ2n) is 5.69. The number of hydrogen-bond acceptors (Lipinski definition) is 2. The molecule has 0 amide bonds. The number of hydrogen-bond donors (Lipinski definition) is 1. The molecule has 3 heteroatoms. The van der Waals surface area contributed by atoms with Gasteiger partial charge in [-0.15, -0.1) is 0 Å². The zero-order valence-electron chi connectivity index (χ0n) is 10.6. The van der Waals surface area contributed by atoms with Gasteiger partial charge in [0, 0.05) is 13.2 Å². The number of aliphatic hydroxyl groups is 1. The molecule has 0 aliphatic carbocycles. The van der Waals surface area contributed by atoms with Gasteiger partial charge in [-0.25, -0.2) is 0 Å². The van der Waals surface area contributed by atoms with Crippen molar-refractivity contribution in [3.63, 3.8) is 0 Å². The van der Waals surface area contributed by atoms with Crippen LogP contribution < -0.4 is 0 Å². The van der Waals surface area contributed by atoms with E-state index in [1.54, 1.807) is 0 Å². The third-order valence-corrected chi connectivity index (χ3v) is 7.66. The van der Waals surface area contributed by atoms with Crippen LogP contribution in [0.15, 0.2) is 0 Å². The van der Waals surface area contributed by atoms with Gasteiger partial charge in [0.1, 0.15) is 0 Å². The number of aliphatic hydroxyl groups excluding tert-OH is 1. The SMILES string of the molecule is C[C@@H](CCO)CO[Si](C)(C)C(C)(C)C. The Morgan fingerprint density at radius 2 is 1.79 bits per heavy atom. The fourth-order valence-electron chi connectivity index (χ4n) is 0.871. The van der Waals surface area contributed by atoms with Crippen LogP contribution in [0.4, 0.5) is 0 Å². The Balaban J connectivity index is 3.99. The van der Waals surface area contributed by atoms with Crippen molar-refractivity contribution in [3.8, 4) is 0 Å². The lowest BCUT2D eigenvalue weighted by Crippen LogP contribution is -2.41. The van der Waals surface area contributed by atoms with Crippen molar-refractivity contribution < 1.29 is 9.53 Å². The minimum atomic E-state index is -1.58. The second-order valence-corrected chi connectivity index (χ2v) is 10.5. The Morgan fingerprint density at radius 3 is 2.14 bits per heavy atom. The molecule has 0 fully saturated rings. The number of rotatable bonds is 5. The molecule has 0 aliphatic rings. The Kier molecular flexibility index (Phi) is 5.34. The van der Waals surface area contributed by atoms with Crippen molar-refractivity contribution in [2.24, 2.45) is 5.92 Å². The van der Waals surface area contributed by atoms with Crippen LogP contribution in [0.5, 0.6) is 0 Å². The molecule has 0 aromatic heterocycles. The van der Waals surface area contributed by atoms with Crippen LogP contribution in [-0.4, -0.2) is 26.6 Å². The maximum absolute atomic E-state index is 8.78. The van der Waals surface area contributed by atoms with Crippen LogP contribution in [0.3, 0.4) is 0 Å². The molecule has 0 aromatic rings. The lowest BCUT2D eigenvalue weighted by molar-refractivity contribution is 0.196. The van der Waals surface area contributed by atoms with E-state index in [9.17, 15) is 0 Å². The molecule has 0 saturated heterocycles. The maximum atomic E-state index is 8.78. The van der Waals surface area contributed by atoms with Gasteiger partial charge in [0.25, 0.3) is 0 Å². The molecule has 0 radical (unpaired) electrons. The summed E-state index contributed by atoms with van der Waals surface area (Å²) in [6.07, 6.45) is 0.842. The smallest absolute Gasteiger partial charge is 0.191 e.